The van der Waals surface area contributed by atoms with Crippen LogP contribution in [0.2, 0.25) is 0 Å². The molecular weight excluding hydrogens is 311 g/mol. The number of nitrogens with zero attached hydrogens (tertiary/aromatic N) is 1. The van der Waals surface area contributed by atoms with Gasteiger partial charge in [0.1, 0.15) is 11.4 Å². The van der Waals surface area contributed by atoms with Gasteiger partial charge in [-0.1, -0.05) is 18.2 Å². The van der Waals surface area contributed by atoms with E-state index in [1.165, 1.54) is 6.07 Å². The highest BCUT2D eigenvalue weighted by Crippen LogP contribution is 2.39. The number of amides is 2. The van der Waals surface area contributed by atoms with Crippen molar-refractivity contribution in [1.29, 1.82) is 0 Å². The molecule has 1 unspecified atom stereocenters. The molecule has 1 N–H and O–H groups in total. The molecule has 1 aromatic carbocycles. The van der Waals surface area contributed by atoms with Crippen LogP contribution in [0.15, 0.2) is 24.3 Å². The van der Waals surface area contributed by atoms with E-state index in [1.54, 1.807) is 17.0 Å². The van der Waals surface area contributed by atoms with E-state index in [2.05, 4.69) is 5.32 Å². The van der Waals surface area contributed by atoms with Crippen LogP contribution in [-0.2, 0) is 16.1 Å². The largest absolute Gasteiger partial charge is 0.377 e. The number of urea groups is 1. The first-order valence-corrected chi connectivity index (χ1v) is 8.60. The summed E-state index contributed by atoms with van der Waals surface area (Å²) in [6.45, 7) is 5.51. The maximum Gasteiger partial charge on any atom is 0.317 e. The standard InChI is InChI=1S/C18H25FN2O3/c1-2-20-17(22)21-12-18(13-21)9-14(10-24-18)7-8-23-11-15-5-3-4-6-16(15)19/h3-6,14H,2,7-13H2,1H3,(H,20,22). The summed E-state index contributed by atoms with van der Waals surface area (Å²) >= 11 is 0. The van der Waals surface area contributed by atoms with Crippen molar-refractivity contribution in [1.82, 2.24) is 10.2 Å². The highest BCUT2D eigenvalue weighted by molar-refractivity contribution is 5.75. The molecule has 1 aromatic rings. The van der Waals surface area contributed by atoms with Gasteiger partial charge in [-0.3, -0.25) is 0 Å². The van der Waals surface area contributed by atoms with Crippen LogP contribution in [0, 0.1) is 11.7 Å². The first kappa shape index (κ1) is 17.2. The lowest BCUT2D eigenvalue weighted by atomic mass is 9.86. The third-order valence-electron chi connectivity index (χ3n) is 4.74. The fraction of sp³-hybridized carbons (Fsp3) is 0.611. The van der Waals surface area contributed by atoms with Gasteiger partial charge < -0.3 is 19.7 Å². The normalized spacial score (nSPS) is 21.8. The van der Waals surface area contributed by atoms with E-state index >= 15 is 0 Å². The second-order valence-electron chi connectivity index (χ2n) is 6.69. The number of benzene rings is 1. The average Bonchev–Trinajstić information content (AvgIpc) is 2.96. The van der Waals surface area contributed by atoms with Crippen molar-refractivity contribution >= 4 is 6.03 Å². The second-order valence-corrected chi connectivity index (χ2v) is 6.69. The summed E-state index contributed by atoms with van der Waals surface area (Å²) in [6.07, 6.45) is 1.86. The monoisotopic (exact) mass is 336 g/mol. The zero-order chi connectivity index (χ0) is 17.0. The molecule has 2 fully saturated rings. The molecule has 0 radical (unpaired) electrons. The Morgan fingerprint density at radius 2 is 2.25 bits per heavy atom. The van der Waals surface area contributed by atoms with Crippen LogP contribution in [0.1, 0.15) is 25.3 Å². The van der Waals surface area contributed by atoms with Gasteiger partial charge in [-0.05, 0) is 31.7 Å². The SMILES string of the molecule is CCNC(=O)N1CC2(CC(CCOCc3ccccc3F)CO2)C1. The first-order chi connectivity index (χ1) is 11.6. The summed E-state index contributed by atoms with van der Waals surface area (Å²) < 4.78 is 25.0. The first-order valence-electron chi connectivity index (χ1n) is 8.60. The highest BCUT2D eigenvalue weighted by atomic mass is 19.1. The van der Waals surface area contributed by atoms with Gasteiger partial charge in [0.2, 0.25) is 0 Å². The molecule has 24 heavy (non-hydrogen) atoms. The summed E-state index contributed by atoms with van der Waals surface area (Å²) in [4.78, 5) is 13.5. The molecule has 2 aliphatic heterocycles. The Morgan fingerprint density at radius 3 is 3.00 bits per heavy atom. The molecule has 2 heterocycles. The molecule has 0 aromatic heterocycles. The zero-order valence-corrected chi connectivity index (χ0v) is 14.1. The number of halogens is 1. The van der Waals surface area contributed by atoms with Gasteiger partial charge >= 0.3 is 6.03 Å². The molecule has 0 aliphatic carbocycles. The summed E-state index contributed by atoms with van der Waals surface area (Å²) in [5.74, 6) is 0.225. The van der Waals surface area contributed by atoms with E-state index in [-0.39, 0.29) is 17.4 Å². The minimum atomic E-state index is -0.222. The molecule has 2 aliphatic rings. The number of hydrogen-bond acceptors (Lipinski definition) is 3. The van der Waals surface area contributed by atoms with E-state index in [0.29, 0.717) is 50.9 Å². The van der Waals surface area contributed by atoms with E-state index < -0.39 is 0 Å². The van der Waals surface area contributed by atoms with Crippen LogP contribution < -0.4 is 5.32 Å². The number of ether oxygens (including phenoxy) is 2. The summed E-state index contributed by atoms with van der Waals surface area (Å²) in [5.41, 5.74) is 0.439. The minimum absolute atomic E-state index is 0.0107. The van der Waals surface area contributed by atoms with Crippen LogP contribution >= 0.6 is 0 Å². The molecule has 1 spiro atoms. The third-order valence-corrected chi connectivity index (χ3v) is 4.74. The molecule has 132 valence electrons. The van der Waals surface area contributed by atoms with Crippen molar-refractivity contribution in [3.63, 3.8) is 0 Å². The Bertz CT molecular complexity index is 575. The highest BCUT2D eigenvalue weighted by Gasteiger charge is 2.50. The smallest absolute Gasteiger partial charge is 0.317 e. The number of rotatable bonds is 6. The fourth-order valence-electron chi connectivity index (χ4n) is 3.45. The summed E-state index contributed by atoms with van der Waals surface area (Å²) in [7, 11) is 0. The number of hydrogen-bond donors (Lipinski definition) is 1. The van der Waals surface area contributed by atoms with Crippen molar-refractivity contribution < 1.29 is 18.7 Å². The summed E-state index contributed by atoms with van der Waals surface area (Å²) in [6, 6.07) is 6.67. The number of likely N-dealkylation sites (tertiary alicyclic amines) is 1. The molecule has 0 bridgehead atoms. The Morgan fingerprint density at radius 1 is 1.46 bits per heavy atom. The van der Waals surface area contributed by atoms with Crippen molar-refractivity contribution in [2.75, 3.05) is 32.8 Å². The van der Waals surface area contributed by atoms with Gasteiger partial charge in [0.15, 0.2) is 0 Å². The number of nitrogens with one attached hydrogen (secondary N) is 1. The Labute approximate surface area is 142 Å². The maximum atomic E-state index is 13.5. The lowest BCUT2D eigenvalue weighted by molar-refractivity contribution is -0.0912. The molecule has 1 atom stereocenters. The maximum absolute atomic E-state index is 13.5. The third kappa shape index (κ3) is 3.87. The van der Waals surface area contributed by atoms with Crippen molar-refractivity contribution in [2.24, 2.45) is 5.92 Å². The average molecular weight is 336 g/mol. The topological polar surface area (TPSA) is 50.8 Å². The van der Waals surface area contributed by atoms with Crippen LogP contribution in [0.5, 0.6) is 0 Å². The second kappa shape index (κ2) is 7.49. The molecule has 2 amide bonds. The van der Waals surface area contributed by atoms with Crippen molar-refractivity contribution in [3.8, 4) is 0 Å². The van der Waals surface area contributed by atoms with Crippen LogP contribution in [0.25, 0.3) is 0 Å². The Hall–Kier alpha value is -1.66. The predicted molar refractivity (Wildman–Crippen MR) is 88.1 cm³/mol. The van der Waals surface area contributed by atoms with Crippen LogP contribution in [0.4, 0.5) is 9.18 Å². The van der Waals surface area contributed by atoms with Gasteiger partial charge in [0.05, 0.1) is 26.3 Å². The summed E-state index contributed by atoms with van der Waals surface area (Å²) in [5, 5.41) is 2.81. The molecule has 6 heteroatoms. The van der Waals surface area contributed by atoms with Crippen LogP contribution in [-0.4, -0.2) is 49.4 Å². The number of carbonyl (C=O) groups excluding carboxylic acids is 1. The van der Waals surface area contributed by atoms with Gasteiger partial charge in [-0.25, -0.2) is 9.18 Å². The molecule has 2 saturated heterocycles. The zero-order valence-electron chi connectivity index (χ0n) is 14.1. The van der Waals surface area contributed by atoms with E-state index in [0.717, 1.165) is 12.8 Å². The fourth-order valence-corrected chi connectivity index (χ4v) is 3.45. The van der Waals surface area contributed by atoms with E-state index in [4.69, 9.17) is 9.47 Å². The van der Waals surface area contributed by atoms with Gasteiger partial charge in [-0.2, -0.15) is 0 Å². The number of carbonyl (C=O) groups is 1. The molecule has 0 saturated carbocycles. The lowest BCUT2D eigenvalue weighted by Crippen LogP contribution is -2.65. The van der Waals surface area contributed by atoms with Crippen molar-refractivity contribution in [3.05, 3.63) is 35.6 Å². The van der Waals surface area contributed by atoms with Gasteiger partial charge in [0.25, 0.3) is 0 Å². The Balaban J connectivity index is 1.34. The molecule has 3 rings (SSSR count). The van der Waals surface area contributed by atoms with Gasteiger partial charge in [0, 0.05) is 18.7 Å². The van der Waals surface area contributed by atoms with E-state index in [1.807, 2.05) is 13.0 Å². The molecular formula is C18H25FN2O3. The minimum Gasteiger partial charge on any atom is -0.377 e. The van der Waals surface area contributed by atoms with Crippen LogP contribution in [0.3, 0.4) is 0 Å². The predicted octanol–water partition coefficient (Wildman–Crippen LogP) is 2.55. The Kier molecular flexibility index (Phi) is 5.36. The lowest BCUT2D eigenvalue weighted by Gasteiger charge is -2.46. The molecule has 5 nitrogen and oxygen atoms in total. The van der Waals surface area contributed by atoms with E-state index in [9.17, 15) is 9.18 Å². The van der Waals surface area contributed by atoms with Crippen molar-refractivity contribution in [2.45, 2.75) is 32.0 Å². The van der Waals surface area contributed by atoms with Gasteiger partial charge in [-0.15, -0.1) is 0 Å². The quantitative estimate of drug-likeness (QED) is 0.812.